The highest BCUT2D eigenvalue weighted by atomic mass is 16.6. The smallest absolute Gasteiger partial charge is 0.410 e. The van der Waals surface area contributed by atoms with Crippen molar-refractivity contribution in [2.75, 3.05) is 20.2 Å². The first kappa shape index (κ1) is 17.5. The quantitative estimate of drug-likeness (QED) is 0.870. The van der Waals surface area contributed by atoms with E-state index in [4.69, 9.17) is 9.47 Å². The average Bonchev–Trinajstić information content (AvgIpc) is 2.83. The van der Waals surface area contributed by atoms with Crippen molar-refractivity contribution in [1.82, 2.24) is 10.2 Å². The summed E-state index contributed by atoms with van der Waals surface area (Å²) in [5, 5.41) is 3.74. The van der Waals surface area contributed by atoms with Gasteiger partial charge in [0.05, 0.1) is 18.7 Å². The maximum Gasteiger partial charge on any atom is 0.410 e. The van der Waals surface area contributed by atoms with E-state index >= 15 is 0 Å². The second-order valence-corrected chi connectivity index (χ2v) is 7.80. The predicted octanol–water partition coefficient (Wildman–Crippen LogP) is 2.79. The first-order valence-corrected chi connectivity index (χ1v) is 8.57. The number of methoxy groups -OCH3 is 1. The molecule has 0 aromatic carbocycles. The number of likely N-dealkylation sites (tertiary alicyclic amines) is 1. The zero-order valence-electron chi connectivity index (χ0n) is 14.7. The first-order valence-electron chi connectivity index (χ1n) is 8.57. The van der Waals surface area contributed by atoms with Gasteiger partial charge in [-0.2, -0.15) is 0 Å². The van der Waals surface area contributed by atoms with Gasteiger partial charge in [0, 0.05) is 19.7 Å². The summed E-state index contributed by atoms with van der Waals surface area (Å²) in [7, 11) is 1.72. The van der Waals surface area contributed by atoms with Crippen molar-refractivity contribution in [2.24, 2.45) is 5.92 Å². The number of hydrogen-bond acceptors (Lipinski definition) is 4. The summed E-state index contributed by atoms with van der Waals surface area (Å²) in [6, 6.07) is 0.734. The van der Waals surface area contributed by atoms with Crippen molar-refractivity contribution in [2.45, 2.75) is 77.2 Å². The SMILES string of the molecule is CO[C@H]1CN(C(=O)OC(C)(C)C)CC1NC1CCCCC1C. The molecule has 4 atom stereocenters. The number of carbonyl (C=O) groups is 1. The van der Waals surface area contributed by atoms with Gasteiger partial charge in [0.1, 0.15) is 5.60 Å². The highest BCUT2D eigenvalue weighted by Gasteiger charge is 2.39. The molecule has 2 rings (SSSR count). The van der Waals surface area contributed by atoms with E-state index in [1.165, 1.54) is 25.7 Å². The standard InChI is InChI=1S/C17H32N2O3/c1-12-8-6-7-9-13(12)18-14-10-19(11-15(14)21-5)16(20)22-17(2,3)4/h12-15,18H,6-11H2,1-5H3/t12?,13?,14?,15-/m0/s1. The molecular weight excluding hydrogens is 280 g/mol. The average molecular weight is 312 g/mol. The largest absolute Gasteiger partial charge is 0.444 e. The van der Waals surface area contributed by atoms with E-state index < -0.39 is 5.60 Å². The van der Waals surface area contributed by atoms with Gasteiger partial charge in [-0.3, -0.25) is 0 Å². The lowest BCUT2D eigenvalue weighted by atomic mass is 9.85. The molecule has 1 amide bonds. The molecule has 2 aliphatic rings. The molecule has 1 saturated heterocycles. The van der Waals surface area contributed by atoms with Gasteiger partial charge in [-0.25, -0.2) is 4.79 Å². The molecule has 0 aromatic heterocycles. The van der Waals surface area contributed by atoms with E-state index in [0.717, 1.165) is 0 Å². The molecule has 1 aliphatic carbocycles. The lowest BCUT2D eigenvalue weighted by Crippen LogP contribution is -2.49. The molecule has 128 valence electrons. The van der Waals surface area contributed by atoms with Gasteiger partial charge in [-0.05, 0) is 39.5 Å². The fourth-order valence-corrected chi connectivity index (χ4v) is 3.49. The molecule has 1 N–H and O–H groups in total. The van der Waals surface area contributed by atoms with Gasteiger partial charge in [-0.1, -0.05) is 19.8 Å². The molecule has 0 aromatic rings. The number of rotatable bonds is 3. The summed E-state index contributed by atoms with van der Waals surface area (Å²) in [4.78, 5) is 14.0. The van der Waals surface area contributed by atoms with E-state index in [2.05, 4.69) is 12.2 Å². The van der Waals surface area contributed by atoms with Crippen LogP contribution >= 0.6 is 0 Å². The third-order valence-electron chi connectivity index (χ3n) is 4.76. The molecule has 1 aliphatic heterocycles. The summed E-state index contributed by atoms with van der Waals surface area (Å²) >= 11 is 0. The summed E-state index contributed by atoms with van der Waals surface area (Å²) in [5.41, 5.74) is -0.455. The topological polar surface area (TPSA) is 50.8 Å². The third-order valence-corrected chi connectivity index (χ3v) is 4.76. The molecule has 5 nitrogen and oxygen atoms in total. The molecule has 3 unspecified atom stereocenters. The van der Waals surface area contributed by atoms with Crippen LogP contribution in [0, 0.1) is 5.92 Å². The molecule has 22 heavy (non-hydrogen) atoms. The van der Waals surface area contributed by atoms with Crippen molar-refractivity contribution in [3.8, 4) is 0 Å². The Kier molecular flexibility index (Phi) is 5.72. The minimum atomic E-state index is -0.455. The zero-order chi connectivity index (χ0) is 16.3. The Hall–Kier alpha value is -0.810. The van der Waals surface area contributed by atoms with E-state index in [9.17, 15) is 4.79 Å². The van der Waals surface area contributed by atoms with Crippen LogP contribution in [0.15, 0.2) is 0 Å². The molecule has 1 saturated carbocycles. The van der Waals surface area contributed by atoms with Gasteiger partial charge in [-0.15, -0.1) is 0 Å². The van der Waals surface area contributed by atoms with E-state index in [1.54, 1.807) is 12.0 Å². The molecule has 2 fully saturated rings. The van der Waals surface area contributed by atoms with Crippen LogP contribution in [0.5, 0.6) is 0 Å². The highest BCUT2D eigenvalue weighted by Crippen LogP contribution is 2.26. The fraction of sp³-hybridized carbons (Fsp3) is 0.941. The van der Waals surface area contributed by atoms with E-state index in [0.29, 0.717) is 25.0 Å². The van der Waals surface area contributed by atoms with E-state index in [1.807, 2.05) is 20.8 Å². The number of hydrogen-bond donors (Lipinski definition) is 1. The van der Waals surface area contributed by atoms with Crippen molar-refractivity contribution in [1.29, 1.82) is 0 Å². The van der Waals surface area contributed by atoms with Crippen LogP contribution in [0.2, 0.25) is 0 Å². The molecule has 0 spiro atoms. The van der Waals surface area contributed by atoms with Gasteiger partial charge in [0.15, 0.2) is 0 Å². The Labute approximate surface area is 134 Å². The van der Waals surface area contributed by atoms with Crippen LogP contribution in [0.1, 0.15) is 53.4 Å². The third kappa shape index (κ3) is 4.59. The highest BCUT2D eigenvalue weighted by molar-refractivity contribution is 5.68. The van der Waals surface area contributed by atoms with Gasteiger partial charge >= 0.3 is 6.09 Å². The second-order valence-electron chi connectivity index (χ2n) is 7.80. The number of ether oxygens (including phenoxy) is 2. The summed E-state index contributed by atoms with van der Waals surface area (Å²) in [6.45, 7) is 9.27. The number of carbonyl (C=O) groups excluding carboxylic acids is 1. The number of amides is 1. The summed E-state index contributed by atoms with van der Waals surface area (Å²) in [5.74, 6) is 0.696. The summed E-state index contributed by atoms with van der Waals surface area (Å²) < 4.78 is 11.1. The van der Waals surface area contributed by atoms with Gasteiger partial charge in [0.25, 0.3) is 0 Å². The maximum absolute atomic E-state index is 12.2. The number of nitrogens with one attached hydrogen (secondary N) is 1. The molecule has 1 heterocycles. The number of nitrogens with zero attached hydrogens (tertiary/aromatic N) is 1. The molecule has 0 bridgehead atoms. The molecule has 0 radical (unpaired) electrons. The lowest BCUT2D eigenvalue weighted by molar-refractivity contribution is 0.0252. The van der Waals surface area contributed by atoms with Crippen LogP contribution in [0.3, 0.4) is 0 Å². The normalized spacial score (nSPS) is 33.0. The minimum Gasteiger partial charge on any atom is -0.444 e. The first-order chi connectivity index (χ1) is 10.3. The maximum atomic E-state index is 12.2. The monoisotopic (exact) mass is 312 g/mol. The van der Waals surface area contributed by atoms with E-state index in [-0.39, 0.29) is 18.2 Å². The van der Waals surface area contributed by atoms with Crippen molar-refractivity contribution in [3.63, 3.8) is 0 Å². The van der Waals surface area contributed by atoms with Crippen molar-refractivity contribution < 1.29 is 14.3 Å². The van der Waals surface area contributed by atoms with Crippen LogP contribution in [0.4, 0.5) is 4.79 Å². The van der Waals surface area contributed by atoms with Crippen LogP contribution in [0.25, 0.3) is 0 Å². The van der Waals surface area contributed by atoms with Crippen LogP contribution in [-0.4, -0.2) is 55.0 Å². The Bertz CT molecular complexity index is 381. The zero-order valence-corrected chi connectivity index (χ0v) is 14.7. The minimum absolute atomic E-state index is 0.0432. The van der Waals surface area contributed by atoms with Crippen molar-refractivity contribution in [3.05, 3.63) is 0 Å². The Balaban J connectivity index is 1.93. The van der Waals surface area contributed by atoms with Crippen LogP contribution in [-0.2, 0) is 9.47 Å². The Morgan fingerprint density at radius 3 is 2.41 bits per heavy atom. The second kappa shape index (κ2) is 7.18. The molecular formula is C17H32N2O3. The van der Waals surface area contributed by atoms with Gasteiger partial charge in [0.2, 0.25) is 0 Å². The van der Waals surface area contributed by atoms with Crippen molar-refractivity contribution >= 4 is 6.09 Å². The Morgan fingerprint density at radius 1 is 1.14 bits per heavy atom. The fourth-order valence-electron chi connectivity index (χ4n) is 3.49. The Morgan fingerprint density at radius 2 is 1.82 bits per heavy atom. The molecule has 5 heteroatoms. The summed E-state index contributed by atoms with van der Waals surface area (Å²) in [6.07, 6.45) is 4.94. The predicted molar refractivity (Wildman–Crippen MR) is 86.9 cm³/mol. The lowest BCUT2D eigenvalue weighted by Gasteiger charge is -2.33. The van der Waals surface area contributed by atoms with Gasteiger partial charge < -0.3 is 19.7 Å². The van der Waals surface area contributed by atoms with Crippen LogP contribution < -0.4 is 5.32 Å².